The zero-order chi connectivity index (χ0) is 15.5. The highest BCUT2D eigenvalue weighted by atomic mass is 19.1. The zero-order valence-electron chi connectivity index (χ0n) is 12.1. The highest BCUT2D eigenvalue weighted by Crippen LogP contribution is 2.36. The maximum absolute atomic E-state index is 14.2. The van der Waals surface area contributed by atoms with Crippen LogP contribution in [0.1, 0.15) is 47.9 Å². The van der Waals surface area contributed by atoms with E-state index in [-0.39, 0.29) is 34.6 Å². The molecule has 0 radical (unpaired) electrons. The van der Waals surface area contributed by atoms with E-state index < -0.39 is 17.0 Å². The molecule has 0 saturated carbocycles. The quantitative estimate of drug-likeness (QED) is 0.741. The van der Waals surface area contributed by atoms with Crippen LogP contribution in [0.15, 0.2) is 12.3 Å². The van der Waals surface area contributed by atoms with E-state index in [2.05, 4.69) is 0 Å². The van der Waals surface area contributed by atoms with Crippen molar-refractivity contribution in [2.75, 3.05) is 0 Å². The van der Waals surface area contributed by atoms with Crippen molar-refractivity contribution in [1.82, 2.24) is 4.57 Å². The number of hydrogen-bond donors (Lipinski definition) is 0. The number of carbonyl (C=O) groups excluding carboxylic acids is 2. The summed E-state index contributed by atoms with van der Waals surface area (Å²) in [5.74, 6) is -2.30. The van der Waals surface area contributed by atoms with Gasteiger partial charge in [-0.1, -0.05) is 20.8 Å². The van der Waals surface area contributed by atoms with E-state index in [1.54, 1.807) is 20.8 Å². The molecular formula is C16H15F2NO2. The van der Waals surface area contributed by atoms with Gasteiger partial charge in [0.25, 0.3) is 0 Å². The number of aromatic nitrogens is 1. The van der Waals surface area contributed by atoms with Crippen LogP contribution in [0.2, 0.25) is 0 Å². The molecule has 1 aromatic carbocycles. The van der Waals surface area contributed by atoms with Crippen molar-refractivity contribution in [3.63, 3.8) is 0 Å². The lowest BCUT2D eigenvalue weighted by Gasteiger charge is -2.18. The van der Waals surface area contributed by atoms with Crippen LogP contribution in [0, 0.1) is 17.0 Å². The molecule has 0 fully saturated rings. The third-order valence-electron chi connectivity index (χ3n) is 3.81. The molecule has 1 aromatic heterocycles. The lowest BCUT2D eigenvalue weighted by Crippen LogP contribution is -2.26. The fourth-order valence-corrected chi connectivity index (χ4v) is 2.80. The van der Waals surface area contributed by atoms with Gasteiger partial charge in [-0.2, -0.15) is 0 Å². The molecule has 0 aliphatic heterocycles. The van der Waals surface area contributed by atoms with E-state index in [1.165, 1.54) is 10.8 Å². The van der Waals surface area contributed by atoms with Crippen molar-refractivity contribution < 1.29 is 18.4 Å². The molecule has 3 rings (SSSR count). The van der Waals surface area contributed by atoms with Crippen molar-refractivity contribution in [2.24, 2.45) is 5.41 Å². The number of Topliss-reactive ketones (excluding diaryl/α,β-unsaturated/α-hetero) is 1. The van der Waals surface area contributed by atoms with Gasteiger partial charge in [0.05, 0.1) is 11.1 Å². The summed E-state index contributed by atoms with van der Waals surface area (Å²) in [6.45, 7) is 5.19. The standard InChI is InChI=1S/C16H15F2NO2/c1-16(2,3)15(21)19-7-8-4-5-11(20)13-9(17)6-10(18)14(19)12(8)13/h6-7H,4-5H2,1-3H3. The SMILES string of the molecule is CC(C)(C)C(=O)n1cc2c3c(c(F)cc(F)c31)C(=O)CC2. The number of hydrogen-bond acceptors (Lipinski definition) is 2. The number of halogens is 2. The minimum absolute atomic E-state index is 0.00868. The first-order chi connectivity index (χ1) is 9.71. The van der Waals surface area contributed by atoms with Crippen LogP contribution in [0.3, 0.4) is 0 Å². The molecule has 0 amide bonds. The fraction of sp³-hybridized carbons (Fsp3) is 0.375. The average molecular weight is 291 g/mol. The van der Waals surface area contributed by atoms with Crippen molar-refractivity contribution in [3.8, 4) is 0 Å². The van der Waals surface area contributed by atoms with Crippen LogP contribution in [0.5, 0.6) is 0 Å². The highest BCUT2D eigenvalue weighted by molar-refractivity contribution is 6.13. The molecule has 110 valence electrons. The molecule has 0 saturated heterocycles. The van der Waals surface area contributed by atoms with Crippen LogP contribution in [0.4, 0.5) is 8.78 Å². The second-order valence-electron chi connectivity index (χ2n) is 6.44. The first kappa shape index (κ1) is 13.9. The van der Waals surface area contributed by atoms with E-state index in [1.807, 2.05) is 0 Å². The number of carbonyl (C=O) groups is 2. The molecular weight excluding hydrogens is 276 g/mol. The maximum atomic E-state index is 14.2. The molecule has 1 aliphatic rings. The smallest absolute Gasteiger partial charge is 0.236 e. The monoisotopic (exact) mass is 291 g/mol. The number of aryl methyl sites for hydroxylation is 1. The highest BCUT2D eigenvalue weighted by Gasteiger charge is 2.32. The van der Waals surface area contributed by atoms with E-state index in [9.17, 15) is 18.4 Å². The summed E-state index contributed by atoms with van der Waals surface area (Å²) in [6.07, 6.45) is 2.12. The topological polar surface area (TPSA) is 39.1 Å². The third kappa shape index (κ3) is 1.91. The van der Waals surface area contributed by atoms with E-state index >= 15 is 0 Å². The van der Waals surface area contributed by atoms with Crippen molar-refractivity contribution in [1.29, 1.82) is 0 Å². The Balaban J connectivity index is 2.42. The first-order valence-corrected chi connectivity index (χ1v) is 6.81. The molecule has 0 atom stereocenters. The minimum atomic E-state index is -0.855. The molecule has 21 heavy (non-hydrogen) atoms. The predicted octanol–water partition coefficient (Wildman–Crippen LogP) is 3.73. The van der Waals surface area contributed by atoms with Gasteiger partial charge in [-0.25, -0.2) is 8.78 Å². The normalized spacial score (nSPS) is 14.8. The fourth-order valence-electron chi connectivity index (χ4n) is 2.80. The van der Waals surface area contributed by atoms with E-state index in [0.717, 1.165) is 0 Å². The Hall–Kier alpha value is -2.04. The largest absolute Gasteiger partial charge is 0.294 e. The first-order valence-electron chi connectivity index (χ1n) is 6.81. The summed E-state index contributed by atoms with van der Waals surface area (Å²) < 4.78 is 29.4. The van der Waals surface area contributed by atoms with Crippen molar-refractivity contribution in [3.05, 3.63) is 35.0 Å². The van der Waals surface area contributed by atoms with Gasteiger partial charge < -0.3 is 0 Å². The Bertz CT molecular complexity index is 797. The van der Waals surface area contributed by atoms with Gasteiger partial charge in [0, 0.05) is 29.5 Å². The lowest BCUT2D eigenvalue weighted by molar-refractivity contribution is 0.0771. The number of ketones is 1. The predicted molar refractivity (Wildman–Crippen MR) is 74.6 cm³/mol. The van der Waals surface area contributed by atoms with Crippen molar-refractivity contribution >= 4 is 22.6 Å². The summed E-state index contributed by atoms with van der Waals surface area (Å²) in [5, 5.41) is 0.251. The number of nitrogens with zero attached hydrogens (tertiary/aromatic N) is 1. The molecule has 0 unspecified atom stereocenters. The van der Waals surface area contributed by atoms with Gasteiger partial charge in [-0.3, -0.25) is 14.2 Å². The summed E-state index contributed by atoms with van der Waals surface area (Å²) in [7, 11) is 0. The third-order valence-corrected chi connectivity index (χ3v) is 3.81. The Morgan fingerprint density at radius 1 is 1.19 bits per heavy atom. The number of benzene rings is 1. The van der Waals surface area contributed by atoms with Gasteiger partial charge in [-0.15, -0.1) is 0 Å². The number of rotatable bonds is 0. The lowest BCUT2D eigenvalue weighted by atomic mass is 9.91. The Morgan fingerprint density at radius 2 is 1.86 bits per heavy atom. The average Bonchev–Trinajstić information content (AvgIpc) is 2.74. The molecule has 1 aliphatic carbocycles. The summed E-state index contributed by atoms with van der Waals surface area (Å²) in [4.78, 5) is 24.4. The van der Waals surface area contributed by atoms with Crippen LogP contribution in [0.25, 0.3) is 10.9 Å². The van der Waals surface area contributed by atoms with Crippen LogP contribution in [-0.4, -0.2) is 16.3 Å². The summed E-state index contributed by atoms with van der Waals surface area (Å²) >= 11 is 0. The molecule has 1 heterocycles. The van der Waals surface area contributed by atoms with Crippen LogP contribution >= 0.6 is 0 Å². The Morgan fingerprint density at radius 3 is 2.48 bits per heavy atom. The molecule has 3 nitrogen and oxygen atoms in total. The molecule has 0 bridgehead atoms. The second-order valence-corrected chi connectivity index (χ2v) is 6.44. The van der Waals surface area contributed by atoms with E-state index in [4.69, 9.17) is 0 Å². The molecule has 0 N–H and O–H groups in total. The Labute approximate surface area is 120 Å². The van der Waals surface area contributed by atoms with Crippen molar-refractivity contribution in [2.45, 2.75) is 33.6 Å². The van der Waals surface area contributed by atoms with Crippen LogP contribution < -0.4 is 0 Å². The molecule has 0 spiro atoms. The second kappa shape index (κ2) is 4.23. The van der Waals surface area contributed by atoms with Gasteiger partial charge >= 0.3 is 0 Å². The Kier molecular flexibility index (Phi) is 2.80. The summed E-state index contributed by atoms with van der Waals surface area (Å²) in [5.41, 5.74) is -0.138. The molecule has 5 heteroatoms. The van der Waals surface area contributed by atoms with Gasteiger partial charge in [-0.05, 0) is 12.0 Å². The van der Waals surface area contributed by atoms with Crippen LogP contribution in [-0.2, 0) is 6.42 Å². The minimum Gasteiger partial charge on any atom is -0.294 e. The van der Waals surface area contributed by atoms with Gasteiger partial charge in [0.2, 0.25) is 5.91 Å². The van der Waals surface area contributed by atoms with Gasteiger partial charge in [0.1, 0.15) is 5.82 Å². The maximum Gasteiger partial charge on any atom is 0.236 e. The van der Waals surface area contributed by atoms with Gasteiger partial charge in [0.15, 0.2) is 11.6 Å². The van der Waals surface area contributed by atoms with E-state index in [0.29, 0.717) is 18.1 Å². The molecule has 2 aromatic rings. The zero-order valence-corrected chi connectivity index (χ0v) is 12.1. The summed E-state index contributed by atoms with van der Waals surface area (Å²) in [6, 6.07) is 0.692.